The Morgan fingerprint density at radius 1 is 0.827 bits per heavy atom. The Balaban J connectivity index is 0.884. The van der Waals surface area contributed by atoms with Crippen LogP contribution in [0.1, 0.15) is 104 Å². The van der Waals surface area contributed by atoms with E-state index in [2.05, 4.69) is 47.3 Å². The number of thiophene rings is 1. The molecule has 0 spiro atoms. The van der Waals surface area contributed by atoms with Crippen LogP contribution in [0.4, 0.5) is 19.7 Å². The number of halogens is 1. The molecule has 386 valence electrons. The van der Waals surface area contributed by atoms with Gasteiger partial charge in [0, 0.05) is 51.5 Å². The molecule has 1 saturated carbocycles. The molecule has 1 unspecified atom stereocenters. The molecule has 3 fully saturated rings. The third-order valence-electron chi connectivity index (χ3n) is 14.7. The molecular weight excluding hydrogens is 980 g/mol. The summed E-state index contributed by atoms with van der Waals surface area (Å²) in [6.07, 6.45) is 6.72. The molecule has 7 aromatic rings. The first-order chi connectivity index (χ1) is 36.4. The molecule has 2 saturated heterocycles. The van der Waals surface area contributed by atoms with Crippen LogP contribution < -0.4 is 15.4 Å². The van der Waals surface area contributed by atoms with E-state index in [1.54, 1.807) is 57.8 Å². The van der Waals surface area contributed by atoms with Crippen LogP contribution in [0.2, 0.25) is 0 Å². The Labute approximate surface area is 434 Å². The molecule has 3 aromatic carbocycles. The number of rotatable bonds is 14. The lowest BCUT2D eigenvalue weighted by molar-refractivity contribution is -0.135. The average molecular weight is 1040 g/mol. The number of ether oxygens (including phenoxy) is 3. The standard InChI is InChI=1S/C54H55FN12O7S/c1-28(2)47(62-54(71)73-4)51(69)66-20-6-8-41(66)49-58-27-38(60-49)32-23-35(55)46-42-24-33-22-31(13-16-39(33)67(42)52(74-43(46)25-32)45-18-17-44(75-45)30-11-12-30)37-26-57-48(59-37)40-7-5-19-65(40)50(68)36(61-53(70)72-3)21-29-9-14-34(15-10-29)63-64-56/h9-10,13-18,22-28,30,36,40-41,47,52H,5-8,11-12,19-21H2,1-4H3,(H,57,59)(H,58,60)(H,61,70)(H,62,71)/t36-,40-,41-,47-,52?/m0/s1. The van der Waals surface area contributed by atoms with E-state index in [0.29, 0.717) is 77.4 Å². The van der Waals surface area contributed by atoms with E-state index in [1.165, 1.54) is 25.2 Å². The molecule has 4 aromatic heterocycles. The minimum Gasteiger partial charge on any atom is -0.464 e. The fraction of sp³-hybridized carbons (Fsp3) is 0.370. The molecule has 11 rings (SSSR count). The number of carbonyl (C=O) groups is 4. The molecule has 4 amide bonds. The van der Waals surface area contributed by atoms with Gasteiger partial charge >= 0.3 is 12.2 Å². The summed E-state index contributed by atoms with van der Waals surface area (Å²) in [5.74, 6) is 0.943. The zero-order valence-corrected chi connectivity index (χ0v) is 42.5. The molecule has 4 aliphatic rings. The number of hydrogen-bond donors (Lipinski definition) is 4. The minimum absolute atomic E-state index is 0.183. The molecule has 7 heterocycles. The molecule has 75 heavy (non-hydrogen) atoms. The van der Waals surface area contributed by atoms with E-state index >= 15 is 4.39 Å². The van der Waals surface area contributed by atoms with Crippen molar-refractivity contribution >= 4 is 51.9 Å². The van der Waals surface area contributed by atoms with Gasteiger partial charge < -0.3 is 44.6 Å². The van der Waals surface area contributed by atoms with E-state index in [-0.39, 0.29) is 36.2 Å². The first-order valence-corrected chi connectivity index (χ1v) is 26.0. The molecular formula is C54H55FN12O7S. The fourth-order valence-electron chi connectivity index (χ4n) is 10.8. The largest absolute Gasteiger partial charge is 0.464 e. The Kier molecular flexibility index (Phi) is 13.3. The SMILES string of the molecule is COC(=O)N[C@@H](Cc1ccc(N=[N+]=[N-])cc1)C(=O)N1CCC[C@H]1c1ncc(-c2ccc3c(c2)cc2n3C(c3ccc(C4CC4)s3)Oc3cc(-c4cnc([C@@H]5CCCN5C(=O)[C@@H](NC(=O)OC)C(C)C)[nH]4)cc(F)c3-2)[nH]1. The van der Waals surface area contributed by atoms with Gasteiger partial charge in [0.15, 0.2) is 0 Å². The number of H-pyrrole nitrogens is 2. The number of alkyl carbamates (subject to hydrolysis) is 2. The van der Waals surface area contributed by atoms with Crippen LogP contribution in [0.5, 0.6) is 5.75 Å². The first kappa shape index (κ1) is 49.1. The highest BCUT2D eigenvalue weighted by Crippen LogP contribution is 2.50. The van der Waals surface area contributed by atoms with Crippen molar-refractivity contribution in [2.24, 2.45) is 11.0 Å². The lowest BCUT2D eigenvalue weighted by atomic mass is 10.0. The monoisotopic (exact) mass is 1030 g/mol. The maximum atomic E-state index is 17.0. The van der Waals surface area contributed by atoms with Gasteiger partial charge in [-0.25, -0.2) is 23.9 Å². The third-order valence-corrected chi connectivity index (χ3v) is 16.0. The molecule has 0 radical (unpaired) electrons. The van der Waals surface area contributed by atoms with Gasteiger partial charge in [0.05, 0.1) is 71.7 Å². The smallest absolute Gasteiger partial charge is 0.407 e. The van der Waals surface area contributed by atoms with E-state index < -0.39 is 36.3 Å². The number of carbonyl (C=O) groups excluding carboxylic acids is 4. The van der Waals surface area contributed by atoms with Crippen molar-refractivity contribution in [3.63, 3.8) is 0 Å². The van der Waals surface area contributed by atoms with E-state index in [9.17, 15) is 19.2 Å². The maximum Gasteiger partial charge on any atom is 0.407 e. The van der Waals surface area contributed by atoms with Gasteiger partial charge in [-0.15, -0.1) is 11.3 Å². The molecule has 1 aliphatic carbocycles. The number of fused-ring (bicyclic) bond motifs is 5. The van der Waals surface area contributed by atoms with Crippen LogP contribution in [0.15, 0.2) is 90.3 Å². The topological polar surface area (TPSA) is 238 Å². The maximum absolute atomic E-state index is 17.0. The number of nitrogens with one attached hydrogen (secondary N) is 4. The van der Waals surface area contributed by atoms with Crippen molar-refractivity contribution in [1.82, 2.24) is 44.9 Å². The second-order valence-electron chi connectivity index (χ2n) is 19.8. The summed E-state index contributed by atoms with van der Waals surface area (Å²) in [6, 6.07) is 20.0. The number of methoxy groups -OCH3 is 2. The second kappa shape index (κ2) is 20.3. The molecule has 3 aliphatic heterocycles. The highest BCUT2D eigenvalue weighted by Gasteiger charge is 2.40. The average Bonchev–Trinajstić information content (AvgIpc) is 4.16. The van der Waals surface area contributed by atoms with Crippen LogP contribution in [-0.2, 0) is 25.5 Å². The number of aromatic amines is 2. The lowest BCUT2D eigenvalue weighted by Crippen LogP contribution is -2.51. The number of nitrogens with zero attached hydrogens (tertiary/aromatic N) is 8. The summed E-state index contributed by atoms with van der Waals surface area (Å²) in [4.78, 5) is 77.8. The Morgan fingerprint density at radius 2 is 1.48 bits per heavy atom. The van der Waals surface area contributed by atoms with E-state index in [1.807, 2.05) is 44.2 Å². The molecule has 21 heteroatoms. The molecule has 19 nitrogen and oxygen atoms in total. The van der Waals surface area contributed by atoms with Gasteiger partial charge in [0.2, 0.25) is 18.0 Å². The Bertz CT molecular complexity index is 3390. The van der Waals surface area contributed by atoms with Gasteiger partial charge in [-0.1, -0.05) is 49.3 Å². The number of likely N-dealkylation sites (tertiary alicyclic amines) is 2. The Hall–Kier alpha value is -8.16. The number of benzene rings is 3. The van der Waals surface area contributed by atoms with Crippen LogP contribution in [0.3, 0.4) is 0 Å². The van der Waals surface area contributed by atoms with E-state index in [4.69, 9.17) is 29.7 Å². The van der Waals surface area contributed by atoms with Gasteiger partial charge in [-0.05, 0) is 104 Å². The van der Waals surface area contributed by atoms with E-state index in [0.717, 1.165) is 58.3 Å². The summed E-state index contributed by atoms with van der Waals surface area (Å²) in [5.41, 5.74) is 14.5. The van der Waals surface area contributed by atoms with Crippen molar-refractivity contribution in [2.75, 3.05) is 27.3 Å². The van der Waals surface area contributed by atoms with Crippen molar-refractivity contribution in [1.29, 1.82) is 0 Å². The van der Waals surface area contributed by atoms with Crippen LogP contribution >= 0.6 is 11.3 Å². The van der Waals surface area contributed by atoms with Crippen molar-refractivity contribution < 1.29 is 37.8 Å². The first-order valence-electron chi connectivity index (χ1n) is 25.2. The summed E-state index contributed by atoms with van der Waals surface area (Å²) in [6.45, 7) is 4.70. The molecule has 4 N–H and O–H groups in total. The number of azide groups is 1. The summed E-state index contributed by atoms with van der Waals surface area (Å²) in [7, 11) is 2.51. The minimum atomic E-state index is -0.933. The van der Waals surface area contributed by atoms with Crippen molar-refractivity contribution in [3.05, 3.63) is 128 Å². The van der Waals surface area contributed by atoms with Crippen LogP contribution in [0.25, 0.3) is 55.1 Å². The summed E-state index contributed by atoms with van der Waals surface area (Å²) in [5, 5.41) is 9.89. The van der Waals surface area contributed by atoms with Gasteiger partial charge in [0.1, 0.15) is 35.3 Å². The predicted octanol–water partition coefficient (Wildman–Crippen LogP) is 10.7. The lowest BCUT2D eigenvalue weighted by Gasteiger charge is -2.30. The van der Waals surface area contributed by atoms with Crippen LogP contribution in [-0.4, -0.2) is 97.7 Å². The van der Waals surface area contributed by atoms with Crippen molar-refractivity contribution in [3.8, 4) is 39.5 Å². The van der Waals surface area contributed by atoms with Gasteiger partial charge in [-0.3, -0.25) is 14.2 Å². The quantitative estimate of drug-likeness (QED) is 0.0460. The second-order valence-corrected chi connectivity index (χ2v) is 21.0. The van der Waals surface area contributed by atoms with Gasteiger partial charge in [-0.2, -0.15) is 0 Å². The third kappa shape index (κ3) is 9.53. The summed E-state index contributed by atoms with van der Waals surface area (Å²) < 4.78 is 35.7. The number of amides is 4. The predicted molar refractivity (Wildman–Crippen MR) is 277 cm³/mol. The van der Waals surface area contributed by atoms with Crippen LogP contribution in [0, 0.1) is 11.7 Å². The van der Waals surface area contributed by atoms with Crippen molar-refractivity contribution in [2.45, 2.75) is 95.1 Å². The zero-order chi connectivity index (χ0) is 52.1. The number of hydrogen-bond acceptors (Lipinski definition) is 11. The van der Waals surface area contributed by atoms with Gasteiger partial charge in [0.25, 0.3) is 0 Å². The molecule has 5 atom stereocenters. The number of aromatic nitrogens is 5. The zero-order valence-electron chi connectivity index (χ0n) is 41.7. The fourth-order valence-corrected chi connectivity index (χ4v) is 12.0. The number of imidazole rings is 2. The Morgan fingerprint density at radius 3 is 2.13 bits per heavy atom. The molecule has 0 bridgehead atoms. The summed E-state index contributed by atoms with van der Waals surface area (Å²) >= 11 is 1.72. The normalized spacial score (nSPS) is 18.7. The highest BCUT2D eigenvalue weighted by atomic mass is 32.1. The highest BCUT2D eigenvalue weighted by molar-refractivity contribution is 7.12.